The van der Waals surface area contributed by atoms with Gasteiger partial charge in [0.25, 0.3) is 0 Å². The molecule has 0 bridgehead atoms. The summed E-state index contributed by atoms with van der Waals surface area (Å²) in [5.74, 6) is 1.03. The number of hydrogen-bond donors (Lipinski definition) is 0. The fraction of sp³-hybridized carbons (Fsp3) is 0.615. The van der Waals surface area contributed by atoms with Crippen LogP contribution >= 0.6 is 0 Å². The minimum absolute atomic E-state index is 0.117. The lowest BCUT2D eigenvalue weighted by Crippen LogP contribution is -2.50. The van der Waals surface area contributed by atoms with Gasteiger partial charge >= 0.3 is 5.97 Å². The summed E-state index contributed by atoms with van der Waals surface area (Å²) in [4.78, 5) is 11.1. The number of rotatable bonds is 5. The topological polar surface area (TPSA) is 44.8 Å². The largest absolute Gasteiger partial charge is 0.453 e. The highest BCUT2D eigenvalue weighted by atomic mass is 16.7. The second kappa shape index (κ2) is 6.43. The average Bonchev–Trinajstić information content (AvgIpc) is 2.34. The number of esters is 1. The standard InChI is InChI=1S/C13H18O4/c1-4-9-15-13(8-6-7-10-16-13)12(5-2)17-11(3)14/h1,5,12H,2,6-10H2,3H3/t12-,13?/m0/s1. The van der Waals surface area contributed by atoms with E-state index in [9.17, 15) is 4.79 Å². The third-order valence-electron chi connectivity index (χ3n) is 2.61. The molecule has 0 aliphatic carbocycles. The van der Waals surface area contributed by atoms with Gasteiger partial charge in [0, 0.05) is 13.3 Å². The molecule has 0 amide bonds. The average molecular weight is 238 g/mol. The van der Waals surface area contributed by atoms with E-state index in [2.05, 4.69) is 12.5 Å². The Morgan fingerprint density at radius 1 is 1.71 bits per heavy atom. The molecule has 4 nitrogen and oxygen atoms in total. The summed E-state index contributed by atoms with van der Waals surface area (Å²) in [7, 11) is 0. The number of carbonyl (C=O) groups is 1. The molecule has 0 aromatic rings. The van der Waals surface area contributed by atoms with E-state index in [0.717, 1.165) is 12.8 Å². The van der Waals surface area contributed by atoms with Crippen molar-refractivity contribution in [3.8, 4) is 12.3 Å². The van der Waals surface area contributed by atoms with E-state index in [1.54, 1.807) is 0 Å². The molecule has 94 valence electrons. The van der Waals surface area contributed by atoms with E-state index in [4.69, 9.17) is 20.6 Å². The van der Waals surface area contributed by atoms with Crippen molar-refractivity contribution in [3.05, 3.63) is 12.7 Å². The van der Waals surface area contributed by atoms with E-state index in [1.807, 2.05) is 0 Å². The van der Waals surface area contributed by atoms with Crippen LogP contribution in [-0.2, 0) is 19.0 Å². The molecule has 1 aliphatic rings. The fourth-order valence-corrected chi connectivity index (χ4v) is 1.87. The van der Waals surface area contributed by atoms with Crippen molar-refractivity contribution in [1.82, 2.24) is 0 Å². The highest BCUT2D eigenvalue weighted by Crippen LogP contribution is 2.32. The molecule has 1 fully saturated rings. The normalized spacial score (nSPS) is 25.6. The van der Waals surface area contributed by atoms with Crippen molar-refractivity contribution in [3.63, 3.8) is 0 Å². The van der Waals surface area contributed by atoms with Crippen LogP contribution in [0.15, 0.2) is 12.7 Å². The third kappa shape index (κ3) is 3.58. The highest BCUT2D eigenvalue weighted by molar-refractivity contribution is 5.66. The molecule has 0 spiro atoms. The first-order valence-electron chi connectivity index (χ1n) is 5.66. The molecule has 1 heterocycles. The molecule has 0 aromatic carbocycles. The van der Waals surface area contributed by atoms with Crippen molar-refractivity contribution >= 4 is 5.97 Å². The molecule has 4 heteroatoms. The summed E-state index contributed by atoms with van der Waals surface area (Å²) in [5.41, 5.74) is 0. The molecule has 2 atom stereocenters. The van der Waals surface area contributed by atoms with E-state index in [1.165, 1.54) is 13.0 Å². The van der Waals surface area contributed by atoms with E-state index in [0.29, 0.717) is 13.0 Å². The maximum Gasteiger partial charge on any atom is 0.303 e. The first-order chi connectivity index (χ1) is 8.14. The molecule has 1 rings (SSSR count). The Morgan fingerprint density at radius 2 is 2.47 bits per heavy atom. The maximum absolute atomic E-state index is 11.1. The molecule has 0 N–H and O–H groups in total. The second-order valence-corrected chi connectivity index (χ2v) is 3.88. The van der Waals surface area contributed by atoms with Crippen LogP contribution in [0.3, 0.4) is 0 Å². The monoisotopic (exact) mass is 238 g/mol. The van der Waals surface area contributed by atoms with Crippen LogP contribution in [0, 0.1) is 12.3 Å². The summed E-state index contributed by atoms with van der Waals surface area (Å²) in [6.45, 7) is 5.68. The lowest BCUT2D eigenvalue weighted by atomic mass is 9.99. The number of ether oxygens (including phenoxy) is 3. The Morgan fingerprint density at radius 3 is 2.94 bits per heavy atom. The Labute approximate surface area is 102 Å². The molecular weight excluding hydrogens is 220 g/mol. The zero-order valence-electron chi connectivity index (χ0n) is 10.1. The number of hydrogen-bond acceptors (Lipinski definition) is 4. The van der Waals surface area contributed by atoms with Gasteiger partial charge in [0.1, 0.15) is 6.61 Å². The second-order valence-electron chi connectivity index (χ2n) is 3.88. The predicted octanol–water partition coefficient (Wildman–Crippen LogP) is 1.65. The Kier molecular flexibility index (Phi) is 5.20. The molecule has 0 saturated carbocycles. The zero-order chi connectivity index (χ0) is 12.7. The summed E-state index contributed by atoms with van der Waals surface area (Å²) in [5, 5.41) is 0. The lowest BCUT2D eigenvalue weighted by molar-refractivity contribution is -0.287. The first-order valence-corrected chi connectivity index (χ1v) is 5.66. The number of terminal acetylenes is 1. The summed E-state index contributed by atoms with van der Waals surface area (Å²) >= 11 is 0. The minimum Gasteiger partial charge on any atom is -0.453 e. The summed E-state index contributed by atoms with van der Waals surface area (Å²) in [6, 6.07) is 0. The van der Waals surface area contributed by atoms with Gasteiger partial charge in [0.15, 0.2) is 6.10 Å². The Hall–Kier alpha value is -1.31. The van der Waals surface area contributed by atoms with Gasteiger partial charge in [-0.3, -0.25) is 4.79 Å². The van der Waals surface area contributed by atoms with Gasteiger partial charge in [-0.25, -0.2) is 0 Å². The van der Waals surface area contributed by atoms with Crippen molar-refractivity contribution < 1.29 is 19.0 Å². The van der Waals surface area contributed by atoms with Crippen LogP contribution in [0.25, 0.3) is 0 Å². The van der Waals surface area contributed by atoms with Crippen molar-refractivity contribution in [2.45, 2.75) is 38.1 Å². The molecule has 1 unspecified atom stereocenters. The van der Waals surface area contributed by atoms with Gasteiger partial charge in [-0.1, -0.05) is 12.5 Å². The van der Waals surface area contributed by atoms with E-state index < -0.39 is 17.9 Å². The van der Waals surface area contributed by atoms with Gasteiger partial charge in [0.2, 0.25) is 5.79 Å². The van der Waals surface area contributed by atoms with Crippen LogP contribution in [0.1, 0.15) is 26.2 Å². The number of carbonyl (C=O) groups excluding carboxylic acids is 1. The Bertz CT molecular complexity index is 310. The van der Waals surface area contributed by atoms with Crippen molar-refractivity contribution in [2.24, 2.45) is 0 Å². The van der Waals surface area contributed by atoms with Crippen LogP contribution in [0.2, 0.25) is 0 Å². The van der Waals surface area contributed by atoms with Crippen molar-refractivity contribution in [2.75, 3.05) is 13.2 Å². The lowest BCUT2D eigenvalue weighted by Gasteiger charge is -2.40. The van der Waals surface area contributed by atoms with Gasteiger partial charge in [-0.2, -0.15) is 0 Å². The van der Waals surface area contributed by atoms with Crippen LogP contribution in [-0.4, -0.2) is 31.1 Å². The first kappa shape index (κ1) is 13.8. The van der Waals surface area contributed by atoms with E-state index >= 15 is 0 Å². The fourth-order valence-electron chi connectivity index (χ4n) is 1.87. The van der Waals surface area contributed by atoms with Gasteiger partial charge in [-0.15, -0.1) is 6.42 Å². The quantitative estimate of drug-likeness (QED) is 0.415. The minimum atomic E-state index is -0.974. The summed E-state index contributed by atoms with van der Waals surface area (Å²) < 4.78 is 16.4. The van der Waals surface area contributed by atoms with Gasteiger partial charge < -0.3 is 14.2 Å². The SMILES string of the molecule is C#CCOC1([C@H](C=C)OC(C)=O)CCCCO1. The van der Waals surface area contributed by atoms with E-state index in [-0.39, 0.29) is 6.61 Å². The molecular formula is C13H18O4. The maximum atomic E-state index is 11.1. The zero-order valence-corrected chi connectivity index (χ0v) is 10.1. The molecule has 1 saturated heterocycles. The Balaban J connectivity index is 2.81. The highest BCUT2D eigenvalue weighted by Gasteiger charge is 2.43. The smallest absolute Gasteiger partial charge is 0.303 e. The summed E-state index contributed by atoms with van der Waals surface area (Å²) in [6.07, 6.45) is 8.61. The van der Waals surface area contributed by atoms with Gasteiger partial charge in [-0.05, 0) is 18.9 Å². The van der Waals surface area contributed by atoms with Gasteiger partial charge in [0.05, 0.1) is 6.61 Å². The molecule has 17 heavy (non-hydrogen) atoms. The van der Waals surface area contributed by atoms with Crippen molar-refractivity contribution in [1.29, 1.82) is 0 Å². The van der Waals surface area contributed by atoms with Crippen LogP contribution in [0.4, 0.5) is 0 Å². The predicted molar refractivity (Wildman–Crippen MR) is 63.1 cm³/mol. The van der Waals surface area contributed by atoms with Crippen LogP contribution < -0.4 is 0 Å². The molecule has 0 aromatic heterocycles. The van der Waals surface area contributed by atoms with Crippen LogP contribution in [0.5, 0.6) is 0 Å². The molecule has 0 radical (unpaired) electrons. The molecule has 1 aliphatic heterocycles. The third-order valence-corrected chi connectivity index (χ3v) is 2.61.